The van der Waals surface area contributed by atoms with Crippen molar-refractivity contribution in [1.29, 1.82) is 5.26 Å². The fraction of sp³-hybridized carbons (Fsp3) is 0.154. The van der Waals surface area contributed by atoms with Crippen LogP contribution in [0, 0.1) is 11.3 Å². The number of benzene rings is 1. The number of ether oxygens (including phenoxy) is 1. The van der Waals surface area contributed by atoms with Crippen LogP contribution in [0.2, 0.25) is 0 Å². The van der Waals surface area contributed by atoms with Gasteiger partial charge >= 0.3 is 5.97 Å². The number of carbonyl (C=O) groups excluding carboxylic acids is 1. The van der Waals surface area contributed by atoms with E-state index in [2.05, 4.69) is 4.98 Å². The highest BCUT2D eigenvalue weighted by molar-refractivity contribution is 6.02. The number of hydrogen-bond acceptors (Lipinski definition) is 6. The molecule has 1 aromatic carbocycles. The summed E-state index contributed by atoms with van der Waals surface area (Å²) in [5, 5.41) is 28.7. The lowest BCUT2D eigenvalue weighted by molar-refractivity contribution is 0.0519. The molecule has 19 heavy (non-hydrogen) atoms. The van der Waals surface area contributed by atoms with Gasteiger partial charge in [-0.15, -0.1) is 0 Å². The van der Waals surface area contributed by atoms with Crippen molar-refractivity contribution >= 4 is 16.9 Å². The van der Waals surface area contributed by atoms with Crippen molar-refractivity contribution < 1.29 is 19.7 Å². The van der Waals surface area contributed by atoms with Crippen molar-refractivity contribution in [1.82, 2.24) is 4.98 Å². The van der Waals surface area contributed by atoms with Crippen LogP contribution in [0.4, 0.5) is 0 Å². The normalized spacial score (nSPS) is 10.1. The molecule has 0 aliphatic rings. The number of nitriles is 1. The summed E-state index contributed by atoms with van der Waals surface area (Å²) in [4.78, 5) is 15.4. The monoisotopic (exact) mass is 258 g/mol. The molecule has 0 fully saturated rings. The Hall–Kier alpha value is -2.81. The third-order valence-electron chi connectivity index (χ3n) is 2.55. The number of fused-ring (bicyclic) bond motifs is 1. The maximum atomic E-state index is 11.6. The lowest BCUT2D eigenvalue weighted by Gasteiger charge is -2.08. The van der Waals surface area contributed by atoms with Crippen LogP contribution in [-0.4, -0.2) is 27.8 Å². The van der Waals surface area contributed by atoms with E-state index in [1.165, 1.54) is 18.2 Å². The summed E-state index contributed by atoms with van der Waals surface area (Å²) in [6.45, 7) is 1.71. The molecule has 2 N–H and O–H groups in total. The van der Waals surface area contributed by atoms with E-state index >= 15 is 0 Å². The molecule has 0 radical (unpaired) electrons. The fourth-order valence-electron chi connectivity index (χ4n) is 1.69. The second-order valence-electron chi connectivity index (χ2n) is 3.72. The highest BCUT2D eigenvalue weighted by Gasteiger charge is 2.22. The molecule has 0 saturated heterocycles. The zero-order valence-electron chi connectivity index (χ0n) is 10.0. The van der Waals surface area contributed by atoms with E-state index in [1.54, 1.807) is 6.92 Å². The Morgan fingerprint density at radius 1 is 1.47 bits per heavy atom. The molecule has 1 heterocycles. The number of aromatic hydroxyl groups is 2. The van der Waals surface area contributed by atoms with Crippen molar-refractivity contribution in [2.75, 3.05) is 6.61 Å². The van der Waals surface area contributed by atoms with E-state index in [9.17, 15) is 15.0 Å². The smallest absolute Gasteiger partial charge is 0.347 e. The summed E-state index contributed by atoms with van der Waals surface area (Å²) in [5.41, 5.74) is 0.191. The Labute approximate surface area is 108 Å². The Balaban J connectivity index is 2.72. The highest BCUT2D eigenvalue weighted by Crippen LogP contribution is 2.33. The predicted octanol–water partition coefficient (Wildman–Crippen LogP) is 1.69. The third-order valence-corrected chi connectivity index (χ3v) is 2.55. The minimum absolute atomic E-state index is 0.105. The maximum Gasteiger partial charge on any atom is 0.347 e. The highest BCUT2D eigenvalue weighted by atomic mass is 16.5. The SMILES string of the molecule is CCOC(=O)c1c(O)nc2ccc(C#N)cc2c1O. The lowest BCUT2D eigenvalue weighted by Crippen LogP contribution is -2.06. The largest absolute Gasteiger partial charge is 0.506 e. The van der Waals surface area contributed by atoms with Gasteiger partial charge in [-0.1, -0.05) is 0 Å². The van der Waals surface area contributed by atoms with Gasteiger partial charge in [-0.2, -0.15) is 5.26 Å². The van der Waals surface area contributed by atoms with Crippen LogP contribution in [0.15, 0.2) is 18.2 Å². The van der Waals surface area contributed by atoms with Gasteiger partial charge in [0, 0.05) is 5.39 Å². The van der Waals surface area contributed by atoms with Gasteiger partial charge in [0.1, 0.15) is 5.75 Å². The van der Waals surface area contributed by atoms with Crippen molar-refractivity contribution in [2.45, 2.75) is 6.92 Å². The van der Waals surface area contributed by atoms with E-state index in [0.29, 0.717) is 5.56 Å². The molecule has 1 aromatic heterocycles. The van der Waals surface area contributed by atoms with Gasteiger partial charge in [0.25, 0.3) is 0 Å². The summed E-state index contributed by atoms with van der Waals surface area (Å²) in [6, 6.07) is 6.28. The molecule has 96 valence electrons. The first-order chi connectivity index (χ1) is 9.08. The van der Waals surface area contributed by atoms with Gasteiger partial charge in [0.15, 0.2) is 5.56 Å². The van der Waals surface area contributed by atoms with Gasteiger partial charge in [0.2, 0.25) is 5.88 Å². The Morgan fingerprint density at radius 2 is 2.21 bits per heavy atom. The second-order valence-corrected chi connectivity index (χ2v) is 3.72. The molecule has 0 spiro atoms. The van der Waals surface area contributed by atoms with E-state index in [0.717, 1.165) is 0 Å². The van der Waals surface area contributed by atoms with Crippen molar-refractivity contribution in [3.63, 3.8) is 0 Å². The number of aromatic nitrogens is 1. The fourth-order valence-corrected chi connectivity index (χ4v) is 1.69. The molecule has 0 amide bonds. The first-order valence-corrected chi connectivity index (χ1v) is 5.51. The van der Waals surface area contributed by atoms with E-state index in [1.807, 2.05) is 6.07 Å². The average Bonchev–Trinajstić information content (AvgIpc) is 2.38. The molecule has 0 unspecified atom stereocenters. The second kappa shape index (κ2) is 4.82. The number of nitrogens with zero attached hydrogens (tertiary/aromatic N) is 2. The molecule has 0 aliphatic heterocycles. The molecule has 0 saturated carbocycles. The first kappa shape index (κ1) is 12.6. The number of hydrogen-bond donors (Lipinski definition) is 2. The minimum Gasteiger partial charge on any atom is -0.506 e. The molecule has 0 bridgehead atoms. The standard InChI is InChI=1S/C13H10N2O4/c1-2-19-13(18)10-11(16)8-5-7(6-14)3-4-9(8)15-12(10)17/h3-5H,2H2,1H3,(H2,15,16,17). The average molecular weight is 258 g/mol. The maximum absolute atomic E-state index is 11.6. The molecule has 0 atom stereocenters. The number of carbonyl (C=O) groups is 1. The summed E-state index contributed by atoms with van der Waals surface area (Å²) >= 11 is 0. The van der Waals surface area contributed by atoms with Gasteiger partial charge < -0.3 is 14.9 Å². The van der Waals surface area contributed by atoms with Crippen molar-refractivity contribution in [3.8, 4) is 17.7 Å². The molecule has 2 rings (SSSR count). The molecular formula is C13H10N2O4. The molecule has 6 nitrogen and oxygen atoms in total. The summed E-state index contributed by atoms with van der Waals surface area (Å²) in [6.07, 6.45) is 0. The predicted molar refractivity (Wildman–Crippen MR) is 65.7 cm³/mol. The van der Waals surface area contributed by atoms with E-state index in [4.69, 9.17) is 10.00 Å². The third kappa shape index (κ3) is 2.13. The molecule has 0 aliphatic carbocycles. The van der Waals surface area contributed by atoms with Crippen LogP contribution in [0.25, 0.3) is 10.9 Å². The number of rotatable bonds is 2. The molecular weight excluding hydrogens is 248 g/mol. The number of esters is 1. The van der Waals surface area contributed by atoms with Crippen LogP contribution in [0.5, 0.6) is 11.6 Å². The van der Waals surface area contributed by atoms with E-state index in [-0.39, 0.29) is 17.5 Å². The topological polar surface area (TPSA) is 103 Å². The Bertz CT molecular complexity index is 704. The minimum atomic E-state index is -0.866. The summed E-state index contributed by atoms with van der Waals surface area (Å²) < 4.78 is 4.73. The molecule has 2 aromatic rings. The molecule has 6 heteroatoms. The Morgan fingerprint density at radius 3 is 2.84 bits per heavy atom. The zero-order valence-corrected chi connectivity index (χ0v) is 10.0. The quantitative estimate of drug-likeness (QED) is 0.794. The van der Waals surface area contributed by atoms with Crippen LogP contribution in [-0.2, 0) is 4.74 Å². The van der Waals surface area contributed by atoms with Gasteiger partial charge in [-0.05, 0) is 25.1 Å². The number of pyridine rings is 1. The van der Waals surface area contributed by atoms with Crippen LogP contribution in [0.3, 0.4) is 0 Å². The van der Waals surface area contributed by atoms with Crippen molar-refractivity contribution in [2.24, 2.45) is 0 Å². The van der Waals surface area contributed by atoms with Crippen molar-refractivity contribution in [3.05, 3.63) is 29.3 Å². The van der Waals surface area contributed by atoms with Crippen LogP contribution in [0.1, 0.15) is 22.8 Å². The van der Waals surface area contributed by atoms with Gasteiger partial charge in [-0.25, -0.2) is 9.78 Å². The van der Waals surface area contributed by atoms with Gasteiger partial charge in [-0.3, -0.25) is 0 Å². The van der Waals surface area contributed by atoms with Crippen LogP contribution < -0.4 is 0 Å². The van der Waals surface area contributed by atoms with Crippen LogP contribution >= 0.6 is 0 Å². The lowest BCUT2D eigenvalue weighted by atomic mass is 10.1. The first-order valence-electron chi connectivity index (χ1n) is 5.51. The van der Waals surface area contributed by atoms with Gasteiger partial charge in [0.05, 0.1) is 23.8 Å². The summed E-state index contributed by atoms with van der Waals surface area (Å²) in [7, 11) is 0. The van der Waals surface area contributed by atoms with E-state index < -0.39 is 23.2 Å². The Kier molecular flexibility index (Phi) is 3.21. The zero-order chi connectivity index (χ0) is 14.0. The summed E-state index contributed by atoms with van der Waals surface area (Å²) in [5.74, 6) is -1.92.